The van der Waals surface area contributed by atoms with Crippen molar-refractivity contribution in [2.24, 2.45) is 0 Å². The maximum Gasteiger partial charge on any atom is 0.385 e. The molecule has 4 aliphatic rings. The fraction of sp³-hybridized carbons (Fsp3) is 0.286. The van der Waals surface area contributed by atoms with Gasteiger partial charge in [-0.1, -0.05) is 24.3 Å². The van der Waals surface area contributed by atoms with Crippen LogP contribution in [0.5, 0.6) is 0 Å². The molecule has 0 amide bonds. The molecule has 0 atom stereocenters. The van der Waals surface area contributed by atoms with Crippen molar-refractivity contribution in [3.8, 4) is 0 Å². The molecule has 2 radical (unpaired) electrons. The number of ether oxygens (including phenoxy) is 2. The minimum absolute atomic E-state index is 1.00. The van der Waals surface area contributed by atoms with E-state index in [2.05, 4.69) is 69.4 Å². The Kier molecular flexibility index (Phi) is 5.63. The lowest BCUT2D eigenvalue weighted by Gasteiger charge is -2.25. The molecule has 4 aliphatic heterocycles. The average Bonchev–Trinajstić information content (AvgIpc) is 3.71. The zero-order chi connectivity index (χ0) is 23.9. The van der Waals surface area contributed by atoms with Crippen molar-refractivity contribution >= 4 is 80.9 Å². The largest absolute Gasteiger partial charge is 0.412 e. The fourth-order valence-corrected chi connectivity index (χ4v) is 5.77. The Morgan fingerprint density at radius 3 is 0.972 bits per heavy atom. The van der Waals surface area contributed by atoms with E-state index in [0.29, 0.717) is 0 Å². The summed E-state index contributed by atoms with van der Waals surface area (Å²) in [6.07, 6.45) is 5.11. The van der Waals surface area contributed by atoms with Crippen molar-refractivity contribution in [2.45, 2.75) is 25.7 Å². The van der Waals surface area contributed by atoms with Gasteiger partial charge < -0.3 is 30.4 Å². The lowest BCUT2D eigenvalue weighted by atomic mass is 9.85. The van der Waals surface area contributed by atoms with E-state index in [1.54, 1.807) is 0 Å². The third kappa shape index (κ3) is 3.59. The molecular weight excluding hydrogens is 446 g/mol. The van der Waals surface area contributed by atoms with Gasteiger partial charge in [-0.15, -0.1) is 0 Å². The predicted octanol–water partition coefficient (Wildman–Crippen LogP) is 6.07. The lowest BCUT2D eigenvalue weighted by molar-refractivity contribution is 0.198. The summed E-state index contributed by atoms with van der Waals surface area (Å²) in [6.45, 7) is 4.00. The third-order valence-electron chi connectivity index (χ3n) is 7.47. The van der Waals surface area contributed by atoms with E-state index >= 15 is 0 Å². The monoisotopic (exact) mass is 474 g/mol. The molecule has 8 heteroatoms. The number of anilines is 4. The number of hydrogen-bond donors (Lipinski definition) is 4. The van der Waals surface area contributed by atoms with Gasteiger partial charge in [0.25, 0.3) is 0 Å². The van der Waals surface area contributed by atoms with Crippen molar-refractivity contribution < 1.29 is 9.47 Å². The molecule has 5 aromatic carbocycles. The molecule has 0 aliphatic carbocycles. The van der Waals surface area contributed by atoms with Gasteiger partial charge in [0.05, 0.1) is 0 Å². The molecule has 6 nitrogen and oxygen atoms in total. The SMILES string of the molecule is C1CCOC1.C1CCOC1.[B]1Nc2ccc3c4ccc5c6c(ccc(c7ccc(c2c37)N1)c64)N[B]N5. The van der Waals surface area contributed by atoms with Crippen LogP contribution in [0.25, 0.3) is 43.1 Å². The summed E-state index contributed by atoms with van der Waals surface area (Å²) >= 11 is 0. The number of fused-ring (bicyclic) bond motifs is 2. The van der Waals surface area contributed by atoms with Crippen LogP contribution in [0.15, 0.2) is 48.5 Å². The van der Waals surface area contributed by atoms with Crippen LogP contribution in [0.3, 0.4) is 0 Å². The Morgan fingerprint density at radius 1 is 0.417 bits per heavy atom. The van der Waals surface area contributed by atoms with Crippen LogP contribution in [0.2, 0.25) is 0 Å². The number of nitrogens with one attached hydrogen (secondary N) is 4. The molecule has 36 heavy (non-hydrogen) atoms. The molecule has 4 heterocycles. The first-order valence-electron chi connectivity index (χ1n) is 13.0. The zero-order valence-corrected chi connectivity index (χ0v) is 20.2. The van der Waals surface area contributed by atoms with E-state index < -0.39 is 0 Å². The molecule has 0 spiro atoms. The van der Waals surface area contributed by atoms with Crippen LogP contribution >= 0.6 is 0 Å². The molecule has 2 saturated heterocycles. The van der Waals surface area contributed by atoms with Gasteiger partial charge in [-0.25, -0.2) is 0 Å². The molecule has 0 bridgehead atoms. The van der Waals surface area contributed by atoms with Gasteiger partial charge in [0.15, 0.2) is 0 Å². The van der Waals surface area contributed by atoms with Crippen molar-refractivity contribution in [1.29, 1.82) is 0 Å². The van der Waals surface area contributed by atoms with Gasteiger partial charge in [0.2, 0.25) is 0 Å². The average molecular weight is 474 g/mol. The van der Waals surface area contributed by atoms with Gasteiger partial charge in [-0.3, -0.25) is 0 Å². The smallest absolute Gasteiger partial charge is 0.385 e. The van der Waals surface area contributed by atoms with Gasteiger partial charge in [-0.05, 0) is 71.5 Å². The van der Waals surface area contributed by atoms with Gasteiger partial charge in [-0.2, -0.15) is 0 Å². The number of benzene rings is 5. The van der Waals surface area contributed by atoms with E-state index in [1.807, 2.05) is 15.1 Å². The molecule has 2 fully saturated rings. The first kappa shape index (κ1) is 21.9. The second-order valence-corrected chi connectivity index (χ2v) is 9.65. The maximum atomic E-state index is 4.94. The summed E-state index contributed by atoms with van der Waals surface area (Å²) in [5.41, 5.74) is 4.63. The van der Waals surface area contributed by atoms with E-state index in [0.717, 1.165) is 49.2 Å². The highest BCUT2D eigenvalue weighted by Gasteiger charge is 2.22. The zero-order valence-electron chi connectivity index (χ0n) is 20.2. The Labute approximate surface area is 212 Å². The molecule has 0 saturated carbocycles. The minimum atomic E-state index is 1.00. The van der Waals surface area contributed by atoms with Gasteiger partial charge in [0, 0.05) is 70.7 Å². The highest BCUT2D eigenvalue weighted by Crippen LogP contribution is 2.48. The van der Waals surface area contributed by atoms with Crippen LogP contribution in [0, 0.1) is 0 Å². The van der Waals surface area contributed by atoms with E-state index in [9.17, 15) is 0 Å². The van der Waals surface area contributed by atoms with Crippen molar-refractivity contribution in [3.05, 3.63) is 48.5 Å². The van der Waals surface area contributed by atoms with Crippen LogP contribution in [0.4, 0.5) is 22.7 Å². The first-order chi connectivity index (χ1) is 17.9. The van der Waals surface area contributed by atoms with Crippen molar-refractivity contribution in [3.63, 3.8) is 0 Å². The summed E-state index contributed by atoms with van der Waals surface area (Å²) in [5, 5.41) is 23.8. The Balaban J connectivity index is 0.000000185. The summed E-state index contributed by atoms with van der Waals surface area (Å²) in [7, 11) is 3.80. The minimum Gasteiger partial charge on any atom is -0.412 e. The third-order valence-corrected chi connectivity index (χ3v) is 7.47. The molecular formula is C28H28B2N4O2. The molecule has 5 aromatic rings. The highest BCUT2D eigenvalue weighted by molar-refractivity contribution is 6.52. The quantitative estimate of drug-likeness (QED) is 0.124. The van der Waals surface area contributed by atoms with Gasteiger partial charge in [0.1, 0.15) is 0 Å². The maximum absolute atomic E-state index is 4.94. The number of rotatable bonds is 0. The first-order valence-corrected chi connectivity index (χ1v) is 13.0. The van der Waals surface area contributed by atoms with Crippen LogP contribution in [-0.4, -0.2) is 41.5 Å². The van der Waals surface area contributed by atoms with E-state index in [4.69, 9.17) is 9.47 Å². The van der Waals surface area contributed by atoms with Gasteiger partial charge >= 0.3 is 15.1 Å². The summed E-state index contributed by atoms with van der Waals surface area (Å²) in [4.78, 5) is 0. The molecule has 0 aromatic heterocycles. The van der Waals surface area contributed by atoms with Crippen LogP contribution in [0.1, 0.15) is 25.7 Å². The Bertz CT molecular complexity index is 1340. The predicted molar refractivity (Wildman–Crippen MR) is 154 cm³/mol. The summed E-state index contributed by atoms with van der Waals surface area (Å²) < 4.78 is 9.89. The second kappa shape index (κ2) is 9.26. The normalized spacial score (nSPS) is 17.1. The summed E-state index contributed by atoms with van der Waals surface area (Å²) in [5.74, 6) is 0. The Morgan fingerprint density at radius 2 is 0.722 bits per heavy atom. The second-order valence-electron chi connectivity index (χ2n) is 9.65. The number of hydrogen-bond acceptors (Lipinski definition) is 6. The van der Waals surface area contributed by atoms with E-state index in [-0.39, 0.29) is 0 Å². The fourth-order valence-electron chi connectivity index (χ4n) is 5.77. The molecule has 0 unspecified atom stereocenters. The summed E-state index contributed by atoms with van der Waals surface area (Å²) in [6, 6.07) is 17.7. The van der Waals surface area contributed by atoms with Crippen LogP contribution in [-0.2, 0) is 9.47 Å². The van der Waals surface area contributed by atoms with Crippen molar-refractivity contribution in [1.82, 2.24) is 0 Å². The topological polar surface area (TPSA) is 66.6 Å². The van der Waals surface area contributed by atoms with E-state index in [1.165, 1.54) is 68.8 Å². The standard InChI is InChI=1S/C20H12B2N4.2C4H8O/c1-5-13-19-14(24-21-23-13)7-3-11-12-4-8-16-20-15(25-22-26-16)6-2-10(18(12)20)9(1)17(11)19;2*1-2-4-5-3-1/h1-8,23-26H;2*1-4H2. The van der Waals surface area contributed by atoms with Crippen molar-refractivity contribution in [2.75, 3.05) is 47.3 Å². The van der Waals surface area contributed by atoms with Crippen LogP contribution < -0.4 is 20.9 Å². The molecule has 178 valence electrons. The molecule has 9 rings (SSSR count). The lowest BCUT2D eigenvalue weighted by Crippen LogP contribution is -2.21. The molecule has 4 N–H and O–H groups in total. The Hall–Kier alpha value is -3.35. The highest BCUT2D eigenvalue weighted by atomic mass is 16.5.